The molecule has 0 N–H and O–H groups in total. The second-order valence-corrected chi connectivity index (χ2v) is 7.90. The smallest absolute Gasteiger partial charge is 0.254 e. The minimum absolute atomic E-state index is 0.0156. The first kappa shape index (κ1) is 19.5. The zero-order valence-corrected chi connectivity index (χ0v) is 16.8. The lowest BCUT2D eigenvalue weighted by atomic mass is 9.97. The fourth-order valence-electron chi connectivity index (χ4n) is 3.97. The van der Waals surface area contributed by atoms with Gasteiger partial charge in [0.25, 0.3) is 5.91 Å². The molecule has 29 heavy (non-hydrogen) atoms. The van der Waals surface area contributed by atoms with Gasteiger partial charge in [0, 0.05) is 55.7 Å². The molecule has 4 rings (SSSR count). The van der Waals surface area contributed by atoms with Gasteiger partial charge in [-0.2, -0.15) is 0 Å². The van der Waals surface area contributed by atoms with E-state index in [-0.39, 0.29) is 17.8 Å². The number of piperazine rings is 1. The molecular weight excluding hydrogens is 367 g/mol. The lowest BCUT2D eigenvalue weighted by Crippen LogP contribution is -2.56. The Morgan fingerprint density at radius 3 is 2.62 bits per heavy atom. The van der Waals surface area contributed by atoms with Crippen LogP contribution in [0.4, 0.5) is 4.39 Å². The lowest BCUT2D eigenvalue weighted by Gasteiger charge is -2.43. The molecule has 1 saturated heterocycles. The summed E-state index contributed by atoms with van der Waals surface area (Å²) in [6.07, 6.45) is 3.28. The molecule has 0 aliphatic carbocycles. The summed E-state index contributed by atoms with van der Waals surface area (Å²) in [5.74, 6) is 0.133. The van der Waals surface area contributed by atoms with E-state index in [0.29, 0.717) is 30.1 Å². The van der Waals surface area contributed by atoms with Gasteiger partial charge >= 0.3 is 0 Å². The van der Waals surface area contributed by atoms with Crippen molar-refractivity contribution >= 4 is 16.9 Å². The number of hydrogen-bond donors (Lipinski definition) is 0. The molecule has 1 fully saturated rings. The van der Waals surface area contributed by atoms with Gasteiger partial charge in [-0.3, -0.25) is 19.7 Å². The molecule has 1 aliphatic heterocycles. The van der Waals surface area contributed by atoms with Gasteiger partial charge in [0.2, 0.25) is 0 Å². The Kier molecular flexibility index (Phi) is 5.53. The zero-order valence-electron chi connectivity index (χ0n) is 16.8. The van der Waals surface area contributed by atoms with E-state index in [1.54, 1.807) is 18.5 Å². The molecule has 150 valence electrons. The standard InChI is InChI=1S/C23H25FN4O/c1-16(2)22-15-27(14-18-5-3-4-6-19(18)24)11-12-28(22)23(29)17-7-8-20-21(13-17)26-10-9-25-20/h3-10,13,16,22H,11-12,14-15H2,1-2H3. The molecule has 6 heteroatoms. The third-order valence-corrected chi connectivity index (χ3v) is 5.60. The van der Waals surface area contributed by atoms with Gasteiger partial charge in [0.1, 0.15) is 5.82 Å². The van der Waals surface area contributed by atoms with Crippen LogP contribution in [0.2, 0.25) is 0 Å². The van der Waals surface area contributed by atoms with Crippen LogP contribution in [0.3, 0.4) is 0 Å². The Balaban J connectivity index is 1.52. The minimum atomic E-state index is -0.177. The molecule has 1 atom stereocenters. The van der Waals surface area contributed by atoms with Crippen LogP contribution in [0.25, 0.3) is 11.0 Å². The monoisotopic (exact) mass is 392 g/mol. The highest BCUT2D eigenvalue weighted by molar-refractivity contribution is 5.97. The summed E-state index contributed by atoms with van der Waals surface area (Å²) in [6.45, 7) is 6.88. The third kappa shape index (κ3) is 4.12. The SMILES string of the molecule is CC(C)C1CN(Cc2ccccc2F)CCN1C(=O)c1ccc2nccnc2c1. The summed E-state index contributed by atoms with van der Waals surface area (Å²) < 4.78 is 14.1. The number of nitrogens with zero attached hydrogens (tertiary/aromatic N) is 4. The predicted molar refractivity (Wildman–Crippen MR) is 111 cm³/mol. The molecule has 1 amide bonds. The Morgan fingerprint density at radius 2 is 1.86 bits per heavy atom. The number of carbonyl (C=O) groups is 1. The molecule has 1 unspecified atom stereocenters. The third-order valence-electron chi connectivity index (χ3n) is 5.60. The number of carbonyl (C=O) groups excluding carboxylic acids is 1. The molecule has 1 aromatic heterocycles. The van der Waals surface area contributed by atoms with Crippen molar-refractivity contribution in [2.45, 2.75) is 26.4 Å². The van der Waals surface area contributed by atoms with Gasteiger partial charge in [-0.1, -0.05) is 32.0 Å². The summed E-state index contributed by atoms with van der Waals surface area (Å²) in [5, 5.41) is 0. The van der Waals surface area contributed by atoms with Crippen molar-refractivity contribution in [1.82, 2.24) is 19.8 Å². The molecule has 3 aromatic rings. The van der Waals surface area contributed by atoms with Crippen molar-refractivity contribution in [3.63, 3.8) is 0 Å². The second-order valence-electron chi connectivity index (χ2n) is 7.90. The highest BCUT2D eigenvalue weighted by Crippen LogP contribution is 2.23. The number of benzene rings is 2. The normalized spacial score (nSPS) is 17.8. The minimum Gasteiger partial charge on any atom is -0.333 e. The van der Waals surface area contributed by atoms with E-state index in [1.165, 1.54) is 6.07 Å². The van der Waals surface area contributed by atoms with Gasteiger partial charge in [-0.15, -0.1) is 0 Å². The van der Waals surface area contributed by atoms with Crippen molar-refractivity contribution in [3.8, 4) is 0 Å². The number of amides is 1. The maximum absolute atomic E-state index is 14.1. The van der Waals surface area contributed by atoms with Crippen molar-refractivity contribution in [2.75, 3.05) is 19.6 Å². The fourth-order valence-corrected chi connectivity index (χ4v) is 3.97. The van der Waals surface area contributed by atoms with Gasteiger partial charge < -0.3 is 4.90 Å². The van der Waals surface area contributed by atoms with Crippen molar-refractivity contribution < 1.29 is 9.18 Å². The molecule has 0 bridgehead atoms. The summed E-state index contributed by atoms with van der Waals surface area (Å²) >= 11 is 0. The Labute approximate surface area is 170 Å². The van der Waals surface area contributed by atoms with Crippen molar-refractivity contribution in [1.29, 1.82) is 0 Å². The van der Waals surface area contributed by atoms with Crippen LogP contribution in [0.15, 0.2) is 54.9 Å². The van der Waals surface area contributed by atoms with E-state index in [9.17, 15) is 9.18 Å². The van der Waals surface area contributed by atoms with Gasteiger partial charge in [-0.25, -0.2) is 4.39 Å². The second kappa shape index (κ2) is 8.25. The Morgan fingerprint density at radius 1 is 1.10 bits per heavy atom. The molecule has 0 saturated carbocycles. The maximum Gasteiger partial charge on any atom is 0.254 e. The average molecular weight is 392 g/mol. The quantitative estimate of drug-likeness (QED) is 0.679. The summed E-state index contributed by atoms with van der Waals surface area (Å²) in [5.41, 5.74) is 2.82. The van der Waals surface area contributed by atoms with Crippen LogP contribution < -0.4 is 0 Å². The molecule has 0 spiro atoms. The van der Waals surface area contributed by atoms with Gasteiger partial charge in [0.15, 0.2) is 0 Å². The summed E-state index contributed by atoms with van der Waals surface area (Å²) in [4.78, 5) is 26.1. The van der Waals surface area contributed by atoms with E-state index < -0.39 is 0 Å². The van der Waals surface area contributed by atoms with Crippen molar-refractivity contribution in [3.05, 3.63) is 71.8 Å². The topological polar surface area (TPSA) is 49.3 Å². The summed E-state index contributed by atoms with van der Waals surface area (Å²) in [7, 11) is 0. The van der Waals surface area contributed by atoms with Gasteiger partial charge in [-0.05, 0) is 30.2 Å². The summed E-state index contributed by atoms with van der Waals surface area (Å²) in [6, 6.07) is 12.4. The highest BCUT2D eigenvalue weighted by Gasteiger charge is 2.33. The first-order chi connectivity index (χ1) is 14.0. The van der Waals surface area contributed by atoms with Crippen LogP contribution in [-0.2, 0) is 6.54 Å². The zero-order chi connectivity index (χ0) is 20.4. The Hall–Kier alpha value is -2.86. The lowest BCUT2D eigenvalue weighted by molar-refractivity contribution is 0.0326. The van der Waals surface area contributed by atoms with E-state index >= 15 is 0 Å². The van der Waals surface area contributed by atoms with E-state index in [0.717, 1.165) is 24.1 Å². The molecule has 0 radical (unpaired) electrons. The van der Waals surface area contributed by atoms with Gasteiger partial charge in [0.05, 0.1) is 11.0 Å². The fraction of sp³-hybridized carbons (Fsp3) is 0.348. The first-order valence-corrected chi connectivity index (χ1v) is 10.0. The number of hydrogen-bond acceptors (Lipinski definition) is 4. The number of halogens is 1. The molecule has 2 aromatic carbocycles. The van der Waals surface area contributed by atoms with Crippen LogP contribution in [0.1, 0.15) is 29.8 Å². The number of rotatable bonds is 4. The number of fused-ring (bicyclic) bond motifs is 1. The molecule has 1 aliphatic rings. The molecule has 5 nitrogen and oxygen atoms in total. The van der Waals surface area contributed by atoms with Crippen LogP contribution in [-0.4, -0.2) is 51.4 Å². The highest BCUT2D eigenvalue weighted by atomic mass is 19.1. The van der Waals surface area contributed by atoms with Crippen molar-refractivity contribution in [2.24, 2.45) is 5.92 Å². The first-order valence-electron chi connectivity index (χ1n) is 10.0. The average Bonchev–Trinajstić information content (AvgIpc) is 2.74. The largest absolute Gasteiger partial charge is 0.333 e. The van der Waals surface area contributed by atoms with E-state index in [1.807, 2.05) is 35.2 Å². The van der Waals surface area contributed by atoms with E-state index in [4.69, 9.17) is 0 Å². The maximum atomic E-state index is 14.1. The van der Waals surface area contributed by atoms with E-state index in [2.05, 4.69) is 28.7 Å². The van der Waals surface area contributed by atoms with Crippen LogP contribution in [0.5, 0.6) is 0 Å². The van der Waals surface area contributed by atoms with Crippen LogP contribution in [0, 0.1) is 11.7 Å². The molecular formula is C23H25FN4O. The number of aromatic nitrogens is 2. The molecule has 2 heterocycles. The predicted octanol–water partition coefficient (Wildman–Crippen LogP) is 3.75. The Bertz CT molecular complexity index is 1020. The van der Waals surface area contributed by atoms with Crippen LogP contribution >= 0.6 is 0 Å².